The minimum absolute atomic E-state index is 0.0589. The van der Waals surface area contributed by atoms with Crippen LogP contribution in [-0.4, -0.2) is 39.8 Å². The molecule has 0 aromatic heterocycles. The van der Waals surface area contributed by atoms with Crippen LogP contribution in [0.1, 0.15) is 31.7 Å². The van der Waals surface area contributed by atoms with Gasteiger partial charge in [-0.15, -0.1) is 0 Å². The Bertz CT molecular complexity index is 786. The van der Waals surface area contributed by atoms with Crippen molar-refractivity contribution >= 4 is 23.3 Å². The van der Waals surface area contributed by atoms with Gasteiger partial charge in [-0.1, -0.05) is 12.1 Å². The van der Waals surface area contributed by atoms with Crippen molar-refractivity contribution in [1.82, 2.24) is 5.43 Å². The highest BCUT2D eigenvalue weighted by atomic mass is 16.6. The first-order valence-corrected chi connectivity index (χ1v) is 8.26. The number of esters is 1. The normalized spacial score (nSPS) is 30.2. The Labute approximate surface area is 149 Å². The summed E-state index contributed by atoms with van der Waals surface area (Å²) in [5.74, 6) is -3.45. The Morgan fingerprint density at radius 3 is 2.69 bits per heavy atom. The fourth-order valence-corrected chi connectivity index (χ4v) is 3.83. The van der Waals surface area contributed by atoms with Crippen LogP contribution >= 0.6 is 0 Å². The molecule has 1 aromatic rings. The largest absolute Gasteiger partial charge is 0.466 e. The molecular formula is C17H19N3O6. The SMILES string of the molecule is CCOC(=O)[C@H]1[C@H](c2ccc([N+](=O)[O-])cc2)[C@H]2C(=O)NN=C2C[C@@]1(C)O. The summed E-state index contributed by atoms with van der Waals surface area (Å²) >= 11 is 0. The number of rotatable bonds is 4. The molecule has 1 aliphatic heterocycles. The Morgan fingerprint density at radius 2 is 2.12 bits per heavy atom. The van der Waals surface area contributed by atoms with E-state index in [0.717, 1.165) is 0 Å². The standard InChI is InChI=1S/C17H19N3O6/c1-3-26-16(22)14-12(9-4-6-10(7-5-9)20(24)25)13-11(8-17(14,2)23)18-19-15(13)21/h4-7,12-14,23H,3,8H2,1-2H3,(H,19,21)/t12-,13+,14-,17-/m1/s1. The number of aliphatic hydroxyl groups is 1. The average molecular weight is 361 g/mol. The zero-order chi connectivity index (χ0) is 19.1. The van der Waals surface area contributed by atoms with Crippen LogP contribution in [0.4, 0.5) is 5.69 Å². The quantitative estimate of drug-likeness (QED) is 0.469. The second kappa shape index (κ2) is 6.49. The van der Waals surface area contributed by atoms with Gasteiger partial charge in [0.1, 0.15) is 0 Å². The van der Waals surface area contributed by atoms with E-state index in [0.29, 0.717) is 11.3 Å². The van der Waals surface area contributed by atoms with Gasteiger partial charge < -0.3 is 9.84 Å². The minimum atomic E-state index is -1.47. The van der Waals surface area contributed by atoms with E-state index in [1.807, 2.05) is 0 Å². The summed E-state index contributed by atoms with van der Waals surface area (Å²) in [6, 6.07) is 5.62. The van der Waals surface area contributed by atoms with Crippen molar-refractivity contribution in [2.75, 3.05) is 6.61 Å². The number of amides is 1. The summed E-state index contributed by atoms with van der Waals surface area (Å²) in [6.45, 7) is 3.30. The highest BCUT2D eigenvalue weighted by molar-refractivity contribution is 6.10. The molecule has 26 heavy (non-hydrogen) atoms. The lowest BCUT2D eigenvalue weighted by Crippen LogP contribution is -2.54. The van der Waals surface area contributed by atoms with Gasteiger partial charge in [0.05, 0.1) is 34.7 Å². The first-order chi connectivity index (χ1) is 12.3. The fourth-order valence-electron chi connectivity index (χ4n) is 3.83. The van der Waals surface area contributed by atoms with Gasteiger partial charge in [-0.05, 0) is 19.4 Å². The van der Waals surface area contributed by atoms with Crippen molar-refractivity contribution < 1.29 is 24.4 Å². The lowest BCUT2D eigenvalue weighted by atomic mass is 9.61. The maximum atomic E-state index is 12.6. The van der Waals surface area contributed by atoms with Crippen LogP contribution < -0.4 is 5.43 Å². The maximum absolute atomic E-state index is 12.6. The van der Waals surface area contributed by atoms with Crippen LogP contribution in [-0.2, 0) is 14.3 Å². The smallest absolute Gasteiger partial charge is 0.312 e. The van der Waals surface area contributed by atoms with Gasteiger partial charge in [0.2, 0.25) is 5.91 Å². The molecule has 3 rings (SSSR count). The number of fused-ring (bicyclic) bond motifs is 1. The summed E-state index contributed by atoms with van der Waals surface area (Å²) in [7, 11) is 0. The summed E-state index contributed by atoms with van der Waals surface area (Å²) in [4.78, 5) is 35.3. The number of carbonyl (C=O) groups excluding carboxylic acids is 2. The Balaban J connectivity index is 2.10. The average Bonchev–Trinajstić information content (AvgIpc) is 2.93. The third-order valence-corrected chi connectivity index (χ3v) is 4.91. The number of hydrogen-bond donors (Lipinski definition) is 2. The molecule has 1 heterocycles. The van der Waals surface area contributed by atoms with E-state index in [9.17, 15) is 24.8 Å². The van der Waals surface area contributed by atoms with Crippen molar-refractivity contribution in [2.45, 2.75) is 31.8 Å². The molecule has 2 N–H and O–H groups in total. The third kappa shape index (κ3) is 2.94. The Hall–Kier alpha value is -2.81. The highest BCUT2D eigenvalue weighted by Gasteiger charge is 2.57. The van der Waals surface area contributed by atoms with Gasteiger partial charge in [0.15, 0.2) is 0 Å². The Kier molecular flexibility index (Phi) is 4.49. The monoisotopic (exact) mass is 361 g/mol. The number of nitro benzene ring substituents is 1. The number of ether oxygens (including phenoxy) is 1. The summed E-state index contributed by atoms with van der Waals surface area (Å²) in [5, 5.41) is 25.8. The molecule has 0 spiro atoms. The molecule has 0 bridgehead atoms. The second-order valence-electron chi connectivity index (χ2n) is 6.69. The van der Waals surface area contributed by atoms with Crippen LogP contribution in [0.5, 0.6) is 0 Å². The maximum Gasteiger partial charge on any atom is 0.312 e. The van der Waals surface area contributed by atoms with E-state index in [-0.39, 0.29) is 24.6 Å². The molecule has 9 heteroatoms. The van der Waals surface area contributed by atoms with Crippen molar-refractivity contribution in [1.29, 1.82) is 0 Å². The van der Waals surface area contributed by atoms with Gasteiger partial charge >= 0.3 is 5.97 Å². The summed E-state index contributed by atoms with van der Waals surface area (Å²) in [6.07, 6.45) is 0.0589. The van der Waals surface area contributed by atoms with Gasteiger partial charge in [0, 0.05) is 24.5 Å². The van der Waals surface area contributed by atoms with Crippen LogP contribution in [0.15, 0.2) is 29.4 Å². The molecular weight excluding hydrogens is 342 g/mol. The van der Waals surface area contributed by atoms with E-state index < -0.39 is 34.2 Å². The summed E-state index contributed by atoms with van der Waals surface area (Å²) in [5.41, 5.74) is 1.82. The van der Waals surface area contributed by atoms with Gasteiger partial charge in [-0.2, -0.15) is 5.10 Å². The Morgan fingerprint density at radius 1 is 1.46 bits per heavy atom. The van der Waals surface area contributed by atoms with Gasteiger partial charge in [-0.25, -0.2) is 5.43 Å². The van der Waals surface area contributed by atoms with Crippen molar-refractivity contribution in [3.63, 3.8) is 0 Å². The molecule has 0 saturated heterocycles. The molecule has 1 aliphatic carbocycles. The summed E-state index contributed by atoms with van der Waals surface area (Å²) < 4.78 is 5.14. The number of benzene rings is 1. The zero-order valence-corrected chi connectivity index (χ0v) is 14.3. The van der Waals surface area contributed by atoms with E-state index >= 15 is 0 Å². The molecule has 1 fully saturated rings. The number of carbonyl (C=O) groups is 2. The van der Waals surface area contributed by atoms with Crippen molar-refractivity contribution in [3.8, 4) is 0 Å². The topological polar surface area (TPSA) is 131 Å². The third-order valence-electron chi connectivity index (χ3n) is 4.91. The number of nitrogens with one attached hydrogen (secondary N) is 1. The number of hydrogen-bond acceptors (Lipinski definition) is 7. The molecule has 9 nitrogen and oxygen atoms in total. The first kappa shape index (κ1) is 18.0. The molecule has 2 aliphatic rings. The molecule has 1 saturated carbocycles. The van der Waals surface area contributed by atoms with Gasteiger partial charge in [-0.3, -0.25) is 19.7 Å². The fraction of sp³-hybridized carbons (Fsp3) is 0.471. The van der Waals surface area contributed by atoms with Crippen LogP contribution in [0.3, 0.4) is 0 Å². The van der Waals surface area contributed by atoms with E-state index in [2.05, 4.69) is 10.5 Å². The van der Waals surface area contributed by atoms with Crippen molar-refractivity contribution in [3.05, 3.63) is 39.9 Å². The van der Waals surface area contributed by atoms with Crippen molar-refractivity contribution in [2.24, 2.45) is 16.9 Å². The van der Waals surface area contributed by atoms with Crippen LogP contribution in [0.25, 0.3) is 0 Å². The van der Waals surface area contributed by atoms with E-state index in [1.165, 1.54) is 31.2 Å². The number of nitrogens with zero attached hydrogens (tertiary/aromatic N) is 2. The molecule has 1 aromatic carbocycles. The minimum Gasteiger partial charge on any atom is -0.466 e. The predicted octanol–water partition coefficient (Wildman–Crippen LogP) is 1.11. The highest BCUT2D eigenvalue weighted by Crippen LogP contribution is 2.47. The van der Waals surface area contributed by atoms with Crippen LogP contribution in [0, 0.1) is 22.0 Å². The number of hydrazone groups is 1. The molecule has 1 amide bonds. The van der Waals surface area contributed by atoms with Crippen LogP contribution in [0.2, 0.25) is 0 Å². The lowest BCUT2D eigenvalue weighted by molar-refractivity contribution is -0.384. The molecule has 4 atom stereocenters. The lowest BCUT2D eigenvalue weighted by Gasteiger charge is -2.43. The number of non-ortho nitro benzene ring substituents is 1. The second-order valence-corrected chi connectivity index (χ2v) is 6.69. The molecule has 0 unspecified atom stereocenters. The molecule has 0 radical (unpaired) electrons. The predicted molar refractivity (Wildman–Crippen MR) is 90.3 cm³/mol. The number of nitro groups is 1. The van der Waals surface area contributed by atoms with Gasteiger partial charge in [0.25, 0.3) is 5.69 Å². The van der Waals surface area contributed by atoms with E-state index in [4.69, 9.17) is 4.74 Å². The first-order valence-electron chi connectivity index (χ1n) is 8.26. The van der Waals surface area contributed by atoms with E-state index in [1.54, 1.807) is 6.92 Å². The molecule has 138 valence electrons. The zero-order valence-electron chi connectivity index (χ0n) is 14.3.